The molecule has 0 aromatic heterocycles. The first kappa shape index (κ1) is 59.7. The van der Waals surface area contributed by atoms with Gasteiger partial charge < -0.3 is 70.3 Å². The molecular formula is C32H56N4O16S6. The Morgan fingerprint density at radius 3 is 1.29 bits per heavy atom. The lowest BCUT2D eigenvalue weighted by Crippen LogP contribution is -2.62. The van der Waals surface area contributed by atoms with Crippen molar-refractivity contribution in [1.82, 2.24) is 10.6 Å². The Morgan fingerprint density at radius 1 is 0.586 bits per heavy atom. The van der Waals surface area contributed by atoms with E-state index in [1.54, 1.807) is 57.0 Å². The van der Waals surface area contributed by atoms with E-state index >= 15 is 0 Å². The van der Waals surface area contributed by atoms with Crippen LogP contribution in [0.4, 0.5) is 9.59 Å². The first-order chi connectivity index (χ1) is 27.8. The van der Waals surface area contributed by atoms with Gasteiger partial charge in [-0.05, 0) is 51.9 Å². The van der Waals surface area contributed by atoms with Crippen LogP contribution >= 0.6 is 66.7 Å². The summed E-state index contributed by atoms with van der Waals surface area (Å²) in [4.78, 5) is 83.6. The fourth-order valence-electron chi connectivity index (χ4n) is 2.88. The van der Waals surface area contributed by atoms with Gasteiger partial charge >= 0.3 is 24.2 Å². The van der Waals surface area contributed by atoms with Crippen molar-refractivity contribution in [3.63, 3.8) is 0 Å². The number of hydrogen-bond donors (Lipinski definition) is 4. The van der Waals surface area contributed by atoms with Gasteiger partial charge in [0.1, 0.15) is 0 Å². The van der Waals surface area contributed by atoms with Crippen LogP contribution in [0.15, 0.2) is 12.2 Å². The predicted octanol–water partition coefficient (Wildman–Crippen LogP) is -1.07. The van der Waals surface area contributed by atoms with E-state index in [-0.39, 0.29) is 26.3 Å². The summed E-state index contributed by atoms with van der Waals surface area (Å²) in [7, 11) is 7.10. The molecule has 0 aromatic carbocycles. The molecule has 0 heterocycles. The summed E-state index contributed by atoms with van der Waals surface area (Å²) in [5, 5.41) is 24.8. The molecule has 0 aliphatic carbocycles. The Balaban J connectivity index is -0.000000877. The van der Waals surface area contributed by atoms with E-state index in [0.717, 1.165) is 71.4 Å². The van der Waals surface area contributed by atoms with E-state index < -0.39 is 49.8 Å². The smallest absolute Gasteiger partial charge is 0.511 e. The average molecular weight is 945 g/mol. The Hall–Kier alpha value is -2.56. The fraction of sp³-hybridized carbons (Fsp3) is 0.688. The summed E-state index contributed by atoms with van der Waals surface area (Å²) in [6.45, 7) is 4.38. The minimum atomic E-state index is -1.55. The number of carboxylic acid groups (broad SMARTS) is 2. The third-order valence-electron chi connectivity index (χ3n) is 5.57. The molecule has 26 heteroatoms. The van der Waals surface area contributed by atoms with Crippen LogP contribution in [0.2, 0.25) is 0 Å². The van der Waals surface area contributed by atoms with Crippen LogP contribution in [0.25, 0.3) is 0 Å². The molecule has 0 bridgehead atoms. The zero-order valence-electron chi connectivity index (χ0n) is 32.6. The van der Waals surface area contributed by atoms with Crippen molar-refractivity contribution in [2.24, 2.45) is 0 Å². The first-order valence-corrected chi connectivity index (χ1v) is 24.6. The number of carboxylic acids is 2. The summed E-state index contributed by atoms with van der Waals surface area (Å²) < 4.78 is 27.5. The van der Waals surface area contributed by atoms with Crippen molar-refractivity contribution in [3.05, 3.63) is 12.2 Å². The number of nitrogens with one attached hydrogen (secondary N) is 2. The molecule has 58 heavy (non-hydrogen) atoms. The molecule has 0 amide bonds. The number of carbonyl (C=O) groups excluding carboxylic acids is 8. The minimum absolute atomic E-state index is 0.0688. The van der Waals surface area contributed by atoms with Gasteiger partial charge in [-0.15, -0.1) is 0 Å². The third kappa shape index (κ3) is 53.4. The molecule has 0 saturated carbocycles. The van der Waals surface area contributed by atoms with Gasteiger partial charge in [0, 0.05) is 35.9 Å². The van der Waals surface area contributed by atoms with Crippen LogP contribution in [0, 0.1) is 0 Å². The second-order valence-corrected chi connectivity index (χ2v) is 17.5. The lowest BCUT2D eigenvalue weighted by Gasteiger charge is -2.08. The molecule has 20 nitrogen and oxygen atoms in total. The zero-order chi connectivity index (χ0) is 44.1. The molecule has 0 aliphatic heterocycles. The molecular weight excluding hydrogens is 889 g/mol. The van der Waals surface area contributed by atoms with Crippen LogP contribution in [0.1, 0.15) is 39.5 Å². The van der Waals surface area contributed by atoms with Gasteiger partial charge in [0.25, 0.3) is 0 Å². The van der Waals surface area contributed by atoms with Crippen LogP contribution in [-0.2, 0) is 57.2 Å². The summed E-state index contributed by atoms with van der Waals surface area (Å²) in [6.07, 6.45) is 2.79. The summed E-state index contributed by atoms with van der Waals surface area (Å²) in [6, 6.07) is 0.712. The van der Waals surface area contributed by atoms with Crippen molar-refractivity contribution in [2.45, 2.75) is 51.6 Å². The molecule has 8 N–H and O–H groups in total. The maximum absolute atomic E-state index is 11.3. The molecule has 2 atom stereocenters. The van der Waals surface area contributed by atoms with Crippen LogP contribution < -0.4 is 32.3 Å². The molecule has 0 saturated heterocycles. The number of esters is 2. The maximum atomic E-state index is 11.3. The SMILES string of the molecule is CCOC(=O)OCOC(=O)CNCCCSSCC([NH3+])CCSC=O.CCOC(=O)OCOC(=O)CNCCCSSCC([NH3+])CCSC=O.O=C([O-])/C=C/C(=O)[O-]. The van der Waals surface area contributed by atoms with E-state index in [4.69, 9.17) is 9.47 Å². The highest BCUT2D eigenvalue weighted by Gasteiger charge is 2.09. The van der Waals surface area contributed by atoms with Crippen LogP contribution in [0.5, 0.6) is 0 Å². The number of carbonyl (C=O) groups is 8. The number of ether oxygens (including phenoxy) is 6. The van der Waals surface area contributed by atoms with Gasteiger partial charge in [-0.1, -0.05) is 66.7 Å². The van der Waals surface area contributed by atoms with Crippen molar-refractivity contribution in [2.75, 3.05) is 87.5 Å². The maximum Gasteiger partial charge on any atom is 0.511 e. The lowest BCUT2D eigenvalue weighted by atomic mass is 10.3. The highest BCUT2D eigenvalue weighted by Crippen LogP contribution is 2.23. The van der Waals surface area contributed by atoms with E-state index in [0.29, 0.717) is 37.3 Å². The summed E-state index contributed by atoms with van der Waals surface area (Å²) >= 11 is 2.57. The largest absolute Gasteiger partial charge is 0.545 e. The number of hydrogen-bond acceptors (Lipinski definition) is 24. The zero-order valence-corrected chi connectivity index (χ0v) is 37.5. The second-order valence-electron chi connectivity index (χ2n) is 10.4. The van der Waals surface area contributed by atoms with Gasteiger partial charge in [-0.2, -0.15) is 0 Å². The fourth-order valence-corrected chi connectivity index (χ4v) is 8.82. The number of rotatable bonds is 34. The standard InChI is InChI=1S/2C14H26N2O6S3.C4H4O4/c2*1-2-20-14(19)22-11-21-13(18)8-16-5-3-6-24-25-9-12(15)4-7-23-10-17;5-3(6)1-2-4(7)8/h2*10,12,16H,2-9,11,15H2,1H3;1-2H,(H,5,6)(H,7,8)/b;;2-1+. The van der Waals surface area contributed by atoms with E-state index in [2.05, 4.69) is 41.0 Å². The average Bonchev–Trinajstić information content (AvgIpc) is 3.17. The van der Waals surface area contributed by atoms with Gasteiger partial charge in [0.05, 0.1) is 61.8 Å². The molecule has 0 spiro atoms. The third-order valence-corrected chi connectivity index (χ3v) is 12.1. The first-order valence-electron chi connectivity index (χ1n) is 17.5. The van der Waals surface area contributed by atoms with Crippen molar-refractivity contribution >= 4 is 114 Å². The Labute approximate surface area is 362 Å². The summed E-state index contributed by atoms with van der Waals surface area (Å²) in [5.41, 5.74) is 9.84. The van der Waals surface area contributed by atoms with E-state index in [1.165, 1.54) is 23.5 Å². The van der Waals surface area contributed by atoms with Crippen molar-refractivity contribution in [1.29, 1.82) is 0 Å². The Bertz CT molecular complexity index is 1070. The number of aliphatic carboxylic acids is 2. The van der Waals surface area contributed by atoms with E-state index in [9.17, 15) is 48.6 Å². The molecule has 0 aromatic rings. The minimum Gasteiger partial charge on any atom is -0.545 e. The summed E-state index contributed by atoms with van der Waals surface area (Å²) in [5.74, 6) is 1.45. The monoisotopic (exact) mass is 944 g/mol. The lowest BCUT2D eigenvalue weighted by molar-refractivity contribution is -0.412. The second kappa shape index (κ2) is 47.1. The van der Waals surface area contributed by atoms with Gasteiger partial charge in [-0.25, -0.2) is 9.59 Å². The molecule has 0 rings (SSSR count). The van der Waals surface area contributed by atoms with Gasteiger partial charge in [0.15, 0.2) is 11.2 Å². The topological polar surface area (TPSA) is 317 Å². The number of quaternary nitrogens is 2. The van der Waals surface area contributed by atoms with Crippen LogP contribution in [-0.4, -0.2) is 147 Å². The Morgan fingerprint density at radius 2 is 0.966 bits per heavy atom. The highest BCUT2D eigenvalue weighted by molar-refractivity contribution is 8.77. The van der Waals surface area contributed by atoms with Crippen molar-refractivity contribution in [3.8, 4) is 0 Å². The quantitative estimate of drug-likeness (QED) is 0.0114. The van der Waals surface area contributed by atoms with Gasteiger partial charge in [-0.3, -0.25) is 19.2 Å². The van der Waals surface area contributed by atoms with Crippen LogP contribution in [0.3, 0.4) is 0 Å². The Kier molecular flexibility index (Phi) is 48.5. The van der Waals surface area contributed by atoms with Crippen molar-refractivity contribution < 1.29 is 88.5 Å². The molecule has 0 fully saturated rings. The van der Waals surface area contributed by atoms with Gasteiger partial charge in [0.2, 0.25) is 13.6 Å². The number of thioether (sulfide) groups is 2. The molecule has 336 valence electrons. The van der Waals surface area contributed by atoms with E-state index in [1.807, 2.05) is 0 Å². The normalized spacial score (nSPS) is 11.3. The molecule has 0 aliphatic rings. The molecule has 0 radical (unpaired) electrons. The predicted molar refractivity (Wildman–Crippen MR) is 223 cm³/mol. The highest BCUT2D eigenvalue weighted by atomic mass is 33.1. The molecule has 2 unspecified atom stereocenters.